The van der Waals surface area contributed by atoms with Crippen molar-refractivity contribution in [2.45, 2.75) is 12.5 Å². The molecule has 2 nitrogen and oxygen atoms in total. The molecule has 3 rings (SSSR count). The van der Waals surface area contributed by atoms with Crippen LogP contribution in [0.25, 0.3) is 0 Å². The van der Waals surface area contributed by atoms with E-state index in [2.05, 4.69) is 30.1 Å². The summed E-state index contributed by atoms with van der Waals surface area (Å²) in [5.41, 5.74) is 4.46. The third-order valence-corrected chi connectivity index (χ3v) is 3.42. The summed E-state index contributed by atoms with van der Waals surface area (Å²) in [5, 5.41) is 10.3. The maximum atomic E-state index is 10.3. The number of nitrogens with zero attached hydrogens (tertiary/aromatic N) is 1. The fourth-order valence-electron chi connectivity index (χ4n) is 2.53. The van der Waals surface area contributed by atoms with Gasteiger partial charge in [0, 0.05) is 30.4 Å². The minimum atomic E-state index is -0.419. The molecule has 0 aromatic heterocycles. The van der Waals surface area contributed by atoms with Crippen LogP contribution in [0.2, 0.25) is 0 Å². The van der Waals surface area contributed by atoms with E-state index in [1.165, 1.54) is 11.3 Å². The first-order chi connectivity index (χ1) is 8.27. The van der Waals surface area contributed by atoms with Gasteiger partial charge in [-0.05, 0) is 17.7 Å². The molecule has 1 N–H and O–H groups in total. The Morgan fingerprint density at radius 3 is 2.47 bits per heavy atom. The molecule has 0 bridgehead atoms. The molecule has 1 heterocycles. The van der Waals surface area contributed by atoms with E-state index in [1.807, 2.05) is 30.3 Å². The second-order valence-corrected chi connectivity index (χ2v) is 4.47. The van der Waals surface area contributed by atoms with Crippen molar-refractivity contribution in [3.63, 3.8) is 0 Å². The molecule has 0 saturated carbocycles. The molecule has 2 aromatic rings. The molecule has 0 fully saturated rings. The Balaban J connectivity index is 2.22. The second-order valence-electron chi connectivity index (χ2n) is 4.47. The minimum Gasteiger partial charge on any atom is -0.388 e. The van der Waals surface area contributed by atoms with Gasteiger partial charge in [0.15, 0.2) is 0 Å². The van der Waals surface area contributed by atoms with Gasteiger partial charge < -0.3 is 10.0 Å². The Morgan fingerprint density at radius 2 is 1.65 bits per heavy atom. The first-order valence-corrected chi connectivity index (χ1v) is 5.86. The normalized spacial score (nSPS) is 18.2. The Bertz CT molecular complexity index is 550. The number of para-hydroxylation sites is 2. The number of benzene rings is 2. The Morgan fingerprint density at radius 1 is 1.00 bits per heavy atom. The highest BCUT2D eigenvalue weighted by atomic mass is 16.3. The molecule has 1 aliphatic heterocycles. The number of fused-ring (bicyclic) bond motifs is 2. The fraction of sp³-hybridized carbons (Fsp3) is 0.200. The molecule has 1 atom stereocenters. The Kier molecular flexibility index (Phi) is 2.37. The molecule has 86 valence electrons. The van der Waals surface area contributed by atoms with Crippen LogP contribution < -0.4 is 4.90 Å². The first kappa shape index (κ1) is 10.4. The van der Waals surface area contributed by atoms with Crippen molar-refractivity contribution in [1.82, 2.24) is 0 Å². The molecular weight excluding hydrogens is 210 g/mol. The van der Waals surface area contributed by atoms with Gasteiger partial charge in [-0.25, -0.2) is 0 Å². The molecule has 0 aliphatic carbocycles. The molecule has 0 amide bonds. The zero-order valence-corrected chi connectivity index (χ0v) is 9.80. The predicted molar refractivity (Wildman–Crippen MR) is 69.6 cm³/mol. The third kappa shape index (κ3) is 1.61. The molecular formula is C15H15NO. The van der Waals surface area contributed by atoms with Gasteiger partial charge in [0.2, 0.25) is 0 Å². The summed E-state index contributed by atoms with van der Waals surface area (Å²) < 4.78 is 0. The SMILES string of the molecule is CN1c2ccccc2CC(O)c2ccccc21. The minimum absolute atomic E-state index is 0.419. The highest BCUT2D eigenvalue weighted by Crippen LogP contribution is 2.38. The molecule has 17 heavy (non-hydrogen) atoms. The number of aliphatic hydroxyl groups is 1. The van der Waals surface area contributed by atoms with E-state index in [-0.39, 0.29) is 0 Å². The Labute approximate surface area is 101 Å². The second kappa shape index (κ2) is 3.90. The lowest BCUT2D eigenvalue weighted by atomic mass is 10.0. The number of hydrogen-bond donors (Lipinski definition) is 1. The van der Waals surface area contributed by atoms with Crippen LogP contribution in [0.3, 0.4) is 0 Å². The van der Waals surface area contributed by atoms with Gasteiger partial charge in [-0.15, -0.1) is 0 Å². The smallest absolute Gasteiger partial charge is 0.0851 e. The van der Waals surface area contributed by atoms with E-state index < -0.39 is 6.10 Å². The fourth-order valence-corrected chi connectivity index (χ4v) is 2.53. The topological polar surface area (TPSA) is 23.5 Å². The molecule has 1 aliphatic rings. The summed E-state index contributed by atoms with van der Waals surface area (Å²) in [4.78, 5) is 2.15. The van der Waals surface area contributed by atoms with Crippen LogP contribution >= 0.6 is 0 Å². The molecule has 0 saturated heterocycles. The van der Waals surface area contributed by atoms with Gasteiger partial charge in [0.25, 0.3) is 0 Å². The van der Waals surface area contributed by atoms with E-state index in [9.17, 15) is 5.11 Å². The van der Waals surface area contributed by atoms with Crippen molar-refractivity contribution < 1.29 is 5.11 Å². The van der Waals surface area contributed by atoms with Crippen molar-refractivity contribution in [1.29, 1.82) is 0 Å². The lowest BCUT2D eigenvalue weighted by Gasteiger charge is -2.21. The number of anilines is 2. The van der Waals surface area contributed by atoms with Crippen molar-refractivity contribution in [2.75, 3.05) is 11.9 Å². The summed E-state index contributed by atoms with van der Waals surface area (Å²) in [5.74, 6) is 0. The quantitative estimate of drug-likeness (QED) is 0.745. The van der Waals surface area contributed by atoms with E-state index in [0.717, 1.165) is 11.3 Å². The molecule has 0 spiro atoms. The molecule has 2 heteroatoms. The van der Waals surface area contributed by atoms with Crippen LogP contribution in [-0.2, 0) is 6.42 Å². The summed E-state index contributed by atoms with van der Waals surface area (Å²) in [6.07, 6.45) is 0.259. The van der Waals surface area contributed by atoms with Gasteiger partial charge in [0.05, 0.1) is 6.10 Å². The van der Waals surface area contributed by atoms with Crippen LogP contribution in [0, 0.1) is 0 Å². The van der Waals surface area contributed by atoms with Crippen molar-refractivity contribution in [2.24, 2.45) is 0 Å². The van der Waals surface area contributed by atoms with Crippen molar-refractivity contribution in [3.8, 4) is 0 Å². The van der Waals surface area contributed by atoms with Crippen molar-refractivity contribution in [3.05, 3.63) is 59.7 Å². The van der Waals surface area contributed by atoms with Crippen LogP contribution in [0.5, 0.6) is 0 Å². The lowest BCUT2D eigenvalue weighted by Crippen LogP contribution is -2.11. The summed E-state index contributed by atoms with van der Waals surface area (Å²) in [6, 6.07) is 16.3. The highest BCUT2D eigenvalue weighted by molar-refractivity contribution is 5.70. The highest BCUT2D eigenvalue weighted by Gasteiger charge is 2.22. The maximum absolute atomic E-state index is 10.3. The largest absolute Gasteiger partial charge is 0.388 e. The number of aliphatic hydroxyl groups excluding tert-OH is 1. The maximum Gasteiger partial charge on any atom is 0.0851 e. The zero-order chi connectivity index (χ0) is 11.8. The van der Waals surface area contributed by atoms with Crippen LogP contribution in [0.15, 0.2) is 48.5 Å². The average molecular weight is 225 g/mol. The van der Waals surface area contributed by atoms with Crippen LogP contribution in [-0.4, -0.2) is 12.2 Å². The standard InChI is InChI=1S/C15H15NO/c1-16-13-8-4-2-6-11(13)10-15(17)12-7-3-5-9-14(12)16/h2-9,15,17H,10H2,1H3. The number of hydrogen-bond acceptors (Lipinski definition) is 2. The van der Waals surface area contributed by atoms with E-state index in [0.29, 0.717) is 6.42 Å². The monoisotopic (exact) mass is 225 g/mol. The number of rotatable bonds is 0. The third-order valence-electron chi connectivity index (χ3n) is 3.42. The molecule has 2 aromatic carbocycles. The van der Waals surface area contributed by atoms with Crippen molar-refractivity contribution >= 4 is 11.4 Å². The first-order valence-electron chi connectivity index (χ1n) is 5.86. The van der Waals surface area contributed by atoms with Crippen LogP contribution in [0.4, 0.5) is 11.4 Å². The van der Waals surface area contributed by atoms with Gasteiger partial charge in [-0.2, -0.15) is 0 Å². The molecule has 1 unspecified atom stereocenters. The van der Waals surface area contributed by atoms with Gasteiger partial charge >= 0.3 is 0 Å². The summed E-state index contributed by atoms with van der Waals surface area (Å²) in [7, 11) is 2.05. The Hall–Kier alpha value is -1.80. The molecule has 0 radical (unpaired) electrons. The van der Waals surface area contributed by atoms with E-state index in [1.54, 1.807) is 0 Å². The summed E-state index contributed by atoms with van der Waals surface area (Å²) in [6.45, 7) is 0. The average Bonchev–Trinajstić information content (AvgIpc) is 2.48. The predicted octanol–water partition coefficient (Wildman–Crippen LogP) is 3.04. The van der Waals surface area contributed by atoms with Gasteiger partial charge in [0.1, 0.15) is 0 Å². The lowest BCUT2D eigenvalue weighted by molar-refractivity contribution is 0.180. The van der Waals surface area contributed by atoms with E-state index in [4.69, 9.17) is 0 Å². The summed E-state index contributed by atoms with van der Waals surface area (Å²) >= 11 is 0. The zero-order valence-electron chi connectivity index (χ0n) is 9.80. The van der Waals surface area contributed by atoms with Gasteiger partial charge in [-0.1, -0.05) is 36.4 Å². The van der Waals surface area contributed by atoms with Crippen LogP contribution in [0.1, 0.15) is 17.2 Å². The van der Waals surface area contributed by atoms with E-state index >= 15 is 0 Å². The van der Waals surface area contributed by atoms with Gasteiger partial charge in [-0.3, -0.25) is 0 Å².